The maximum atomic E-state index is 10.2. The second-order valence-corrected chi connectivity index (χ2v) is 6.53. The fourth-order valence-electron chi connectivity index (χ4n) is 1.90. The van der Waals surface area contributed by atoms with Crippen LogP contribution in [0.5, 0.6) is 11.5 Å². The van der Waals surface area contributed by atoms with Crippen molar-refractivity contribution in [2.24, 2.45) is 0 Å². The first-order valence-corrected chi connectivity index (χ1v) is 7.99. The third kappa shape index (κ3) is 10.0. The minimum Gasteiger partial charge on any atom is -0.508 e. The summed E-state index contributed by atoms with van der Waals surface area (Å²) in [6, 6.07) is 13.9. The number of hydrogen-bond donors (Lipinski definition) is 2. The highest BCUT2D eigenvalue weighted by Crippen LogP contribution is 2.13. The molecule has 0 fully saturated rings. The quantitative estimate of drug-likeness (QED) is 0.813. The molecule has 5 heteroatoms. The number of carbonyl (C=O) groups is 1. The SMILES string of the molecule is CC(=O)OC(C)(C)C.Oc1ccc(COCc2ccc(O)cc2)cc1. The number of hydrogen-bond acceptors (Lipinski definition) is 5. The average molecular weight is 346 g/mol. The highest BCUT2D eigenvalue weighted by atomic mass is 16.6. The van der Waals surface area contributed by atoms with E-state index in [1.165, 1.54) is 6.92 Å². The molecule has 0 bridgehead atoms. The molecule has 0 aliphatic carbocycles. The van der Waals surface area contributed by atoms with Crippen LogP contribution in [0.25, 0.3) is 0 Å². The molecule has 0 saturated heterocycles. The normalized spacial score (nSPS) is 10.6. The van der Waals surface area contributed by atoms with Crippen LogP contribution in [0.3, 0.4) is 0 Å². The molecule has 5 nitrogen and oxygen atoms in total. The lowest BCUT2D eigenvalue weighted by atomic mass is 10.2. The van der Waals surface area contributed by atoms with Crippen molar-refractivity contribution in [1.29, 1.82) is 0 Å². The summed E-state index contributed by atoms with van der Waals surface area (Å²) in [5, 5.41) is 18.2. The van der Waals surface area contributed by atoms with Gasteiger partial charge < -0.3 is 19.7 Å². The first-order valence-electron chi connectivity index (χ1n) is 7.99. The summed E-state index contributed by atoms with van der Waals surface area (Å²) in [7, 11) is 0. The number of benzene rings is 2. The van der Waals surface area contributed by atoms with Gasteiger partial charge in [0, 0.05) is 6.92 Å². The van der Waals surface area contributed by atoms with Crippen LogP contribution in [0.15, 0.2) is 48.5 Å². The molecule has 0 radical (unpaired) electrons. The zero-order chi connectivity index (χ0) is 18.9. The topological polar surface area (TPSA) is 76.0 Å². The van der Waals surface area contributed by atoms with Gasteiger partial charge in [-0.3, -0.25) is 4.79 Å². The molecule has 0 atom stereocenters. The third-order valence-electron chi connectivity index (χ3n) is 2.86. The Hall–Kier alpha value is -2.53. The molecule has 136 valence electrons. The molecule has 2 rings (SSSR count). The first-order chi connectivity index (χ1) is 11.7. The zero-order valence-corrected chi connectivity index (χ0v) is 15.2. The van der Waals surface area contributed by atoms with Gasteiger partial charge in [0.2, 0.25) is 0 Å². The number of esters is 1. The highest BCUT2D eigenvalue weighted by Gasteiger charge is 2.11. The summed E-state index contributed by atoms with van der Waals surface area (Å²) < 4.78 is 10.3. The standard InChI is InChI=1S/C14H14O3.C6H12O2/c15-13-5-1-11(2-6-13)9-17-10-12-3-7-14(16)8-4-12;1-5(7)8-6(2,3)4/h1-8,15-16H,9-10H2;1-4H3. The second kappa shape index (κ2) is 9.69. The van der Waals surface area contributed by atoms with Crippen LogP contribution < -0.4 is 0 Å². The van der Waals surface area contributed by atoms with Crippen LogP contribution in [-0.4, -0.2) is 21.8 Å². The van der Waals surface area contributed by atoms with Crippen molar-refractivity contribution in [2.45, 2.75) is 46.5 Å². The highest BCUT2D eigenvalue weighted by molar-refractivity contribution is 5.66. The summed E-state index contributed by atoms with van der Waals surface area (Å²) in [4.78, 5) is 10.2. The molecule has 2 aromatic rings. The van der Waals surface area contributed by atoms with Gasteiger partial charge in [-0.15, -0.1) is 0 Å². The van der Waals surface area contributed by atoms with Crippen molar-refractivity contribution in [2.75, 3.05) is 0 Å². The fourth-order valence-corrected chi connectivity index (χ4v) is 1.90. The van der Waals surface area contributed by atoms with E-state index in [9.17, 15) is 4.79 Å². The molecular formula is C20H26O5. The molecule has 0 aromatic heterocycles. The molecule has 25 heavy (non-hydrogen) atoms. The minimum atomic E-state index is -0.328. The van der Waals surface area contributed by atoms with Crippen molar-refractivity contribution in [3.8, 4) is 11.5 Å². The fraction of sp³-hybridized carbons (Fsp3) is 0.350. The molecule has 0 heterocycles. The summed E-state index contributed by atoms with van der Waals surface area (Å²) in [5.74, 6) is 0.289. The number of phenols is 2. The van der Waals surface area contributed by atoms with Crippen molar-refractivity contribution < 1.29 is 24.5 Å². The van der Waals surface area contributed by atoms with Gasteiger partial charge in [-0.05, 0) is 56.2 Å². The van der Waals surface area contributed by atoms with E-state index in [0.717, 1.165) is 11.1 Å². The van der Waals surface area contributed by atoms with Gasteiger partial charge in [-0.25, -0.2) is 0 Å². The Labute approximate surface area is 148 Å². The van der Waals surface area contributed by atoms with Gasteiger partial charge in [-0.2, -0.15) is 0 Å². The van der Waals surface area contributed by atoms with Gasteiger partial charge in [-0.1, -0.05) is 24.3 Å². The molecule has 2 N–H and O–H groups in total. The summed E-state index contributed by atoms with van der Waals surface area (Å²) in [6.45, 7) is 7.94. The molecule has 0 saturated carbocycles. The Bertz CT molecular complexity index is 594. The van der Waals surface area contributed by atoms with E-state index in [-0.39, 0.29) is 23.1 Å². The number of aromatic hydroxyl groups is 2. The maximum absolute atomic E-state index is 10.2. The van der Waals surface area contributed by atoms with Crippen molar-refractivity contribution in [3.05, 3.63) is 59.7 Å². The van der Waals surface area contributed by atoms with Crippen LogP contribution in [0.1, 0.15) is 38.8 Å². The number of carbonyl (C=O) groups excluding carboxylic acids is 1. The predicted molar refractivity (Wildman–Crippen MR) is 96.2 cm³/mol. The van der Waals surface area contributed by atoms with E-state index >= 15 is 0 Å². The van der Waals surface area contributed by atoms with Crippen molar-refractivity contribution >= 4 is 5.97 Å². The van der Waals surface area contributed by atoms with E-state index in [1.807, 2.05) is 45.0 Å². The molecule has 0 aliphatic heterocycles. The molecular weight excluding hydrogens is 320 g/mol. The Kier molecular flexibility index (Phi) is 7.95. The van der Waals surface area contributed by atoms with Gasteiger partial charge in [0.05, 0.1) is 13.2 Å². The predicted octanol–water partition coefficient (Wildman–Crippen LogP) is 4.16. The van der Waals surface area contributed by atoms with E-state index < -0.39 is 0 Å². The molecule has 0 unspecified atom stereocenters. The Morgan fingerprint density at radius 2 is 1.20 bits per heavy atom. The molecule has 0 aliphatic rings. The van der Waals surface area contributed by atoms with Gasteiger partial charge in [0.25, 0.3) is 0 Å². The Balaban J connectivity index is 0.000000333. The largest absolute Gasteiger partial charge is 0.508 e. The van der Waals surface area contributed by atoms with E-state index in [0.29, 0.717) is 13.2 Å². The van der Waals surface area contributed by atoms with Crippen molar-refractivity contribution in [1.82, 2.24) is 0 Å². The third-order valence-corrected chi connectivity index (χ3v) is 2.86. The lowest BCUT2D eigenvalue weighted by Gasteiger charge is -2.17. The number of rotatable bonds is 4. The number of ether oxygens (including phenoxy) is 2. The monoisotopic (exact) mass is 346 g/mol. The van der Waals surface area contributed by atoms with Crippen LogP contribution in [-0.2, 0) is 27.5 Å². The molecule has 2 aromatic carbocycles. The lowest BCUT2D eigenvalue weighted by molar-refractivity contribution is -0.151. The van der Waals surface area contributed by atoms with E-state index in [4.69, 9.17) is 19.7 Å². The van der Waals surface area contributed by atoms with Crippen molar-refractivity contribution in [3.63, 3.8) is 0 Å². The van der Waals surface area contributed by atoms with E-state index in [1.54, 1.807) is 24.3 Å². The second-order valence-electron chi connectivity index (χ2n) is 6.53. The summed E-state index contributed by atoms with van der Waals surface area (Å²) >= 11 is 0. The summed E-state index contributed by atoms with van der Waals surface area (Å²) in [6.07, 6.45) is 0. The van der Waals surface area contributed by atoms with Crippen LogP contribution >= 0.6 is 0 Å². The lowest BCUT2D eigenvalue weighted by Crippen LogP contribution is -2.21. The Morgan fingerprint density at radius 3 is 1.44 bits per heavy atom. The molecule has 0 amide bonds. The Morgan fingerprint density at radius 1 is 0.840 bits per heavy atom. The van der Waals surface area contributed by atoms with Gasteiger partial charge in [0.15, 0.2) is 0 Å². The minimum absolute atomic E-state index is 0.225. The van der Waals surface area contributed by atoms with Crippen LogP contribution in [0.2, 0.25) is 0 Å². The van der Waals surface area contributed by atoms with Gasteiger partial charge in [0.1, 0.15) is 17.1 Å². The summed E-state index contributed by atoms with van der Waals surface area (Å²) in [5.41, 5.74) is 1.70. The average Bonchev–Trinajstić information content (AvgIpc) is 2.49. The maximum Gasteiger partial charge on any atom is 0.303 e. The zero-order valence-electron chi connectivity index (χ0n) is 15.2. The first kappa shape index (κ1) is 20.5. The van der Waals surface area contributed by atoms with Crippen LogP contribution in [0, 0.1) is 0 Å². The molecule has 0 spiro atoms. The smallest absolute Gasteiger partial charge is 0.303 e. The number of phenolic OH excluding ortho intramolecular Hbond substituents is 2. The van der Waals surface area contributed by atoms with E-state index in [2.05, 4.69) is 0 Å². The van der Waals surface area contributed by atoms with Gasteiger partial charge >= 0.3 is 5.97 Å². The van der Waals surface area contributed by atoms with Crippen LogP contribution in [0.4, 0.5) is 0 Å².